The number of nitrogens with one attached hydrogen (secondary N) is 2. The number of benzene rings is 1. The molecule has 0 radical (unpaired) electrons. The first-order valence-corrected chi connectivity index (χ1v) is 20.2. The van der Waals surface area contributed by atoms with E-state index in [4.69, 9.17) is 25.9 Å². The Kier molecular flexibility index (Phi) is 13.0. The molecule has 0 bridgehead atoms. The SMILES string of the molecule is C#CCCC1(CCCNCc2ccc3c(c2)nc(CCN(CCc2nc4c(NCc5ncccc5F)ncnc4s2)C(=O)OC(C)(C)C)n3C(=O)OC(C)(C)C)N=N1. The molecule has 0 atom stereocenters. The zero-order chi connectivity index (χ0) is 41.5. The fraction of sp³-hybridized carbons (Fsp3) is 0.488. The number of halogens is 1. The van der Waals surface area contributed by atoms with Crippen LogP contribution in [0.15, 0.2) is 53.1 Å². The lowest BCUT2D eigenvalue weighted by Crippen LogP contribution is -2.39. The van der Waals surface area contributed by atoms with E-state index in [1.165, 1.54) is 40.6 Å². The second-order valence-corrected chi connectivity index (χ2v) is 17.1. The summed E-state index contributed by atoms with van der Waals surface area (Å²) in [6.07, 6.45) is 11.1. The van der Waals surface area contributed by atoms with Crippen LogP contribution in [0.4, 0.5) is 19.8 Å². The van der Waals surface area contributed by atoms with Crippen molar-refractivity contribution >= 4 is 50.7 Å². The minimum Gasteiger partial charge on any atom is -0.444 e. The number of anilines is 1. The molecule has 17 heteroatoms. The van der Waals surface area contributed by atoms with Crippen LogP contribution in [0.25, 0.3) is 21.4 Å². The fourth-order valence-corrected chi connectivity index (χ4v) is 7.09. The van der Waals surface area contributed by atoms with Gasteiger partial charge in [0.15, 0.2) is 11.5 Å². The first-order chi connectivity index (χ1) is 27.6. The van der Waals surface area contributed by atoms with Gasteiger partial charge in [-0.05, 0) is 90.8 Å². The summed E-state index contributed by atoms with van der Waals surface area (Å²) >= 11 is 1.38. The summed E-state index contributed by atoms with van der Waals surface area (Å²) < 4.78 is 27.3. The molecule has 0 spiro atoms. The summed E-state index contributed by atoms with van der Waals surface area (Å²) in [5.74, 6) is 3.15. The third-order valence-electron chi connectivity index (χ3n) is 9.03. The Morgan fingerprint density at radius 2 is 1.76 bits per heavy atom. The molecular weight excluding hydrogens is 762 g/mol. The molecule has 0 aliphatic carbocycles. The highest BCUT2D eigenvalue weighted by atomic mass is 32.1. The molecule has 306 valence electrons. The zero-order valence-electron chi connectivity index (χ0n) is 33.8. The molecular formula is C41H50FN11O4S. The Morgan fingerprint density at radius 3 is 2.48 bits per heavy atom. The highest BCUT2D eigenvalue weighted by Gasteiger charge is 2.38. The van der Waals surface area contributed by atoms with Gasteiger partial charge in [0, 0.05) is 51.5 Å². The van der Waals surface area contributed by atoms with Crippen molar-refractivity contribution in [3.8, 4) is 12.3 Å². The zero-order valence-corrected chi connectivity index (χ0v) is 34.7. The molecule has 1 aromatic carbocycles. The van der Waals surface area contributed by atoms with Crippen molar-refractivity contribution in [1.82, 2.24) is 39.7 Å². The Bertz CT molecular complexity index is 2320. The number of rotatable bonds is 17. The minimum atomic E-state index is -0.747. The molecule has 0 saturated heterocycles. The van der Waals surface area contributed by atoms with E-state index in [0.717, 1.165) is 36.4 Å². The summed E-state index contributed by atoms with van der Waals surface area (Å²) in [5, 5.41) is 15.8. The van der Waals surface area contributed by atoms with Crippen LogP contribution in [-0.2, 0) is 35.4 Å². The number of fused-ring (bicyclic) bond motifs is 2. The van der Waals surface area contributed by atoms with Crippen LogP contribution in [0.2, 0.25) is 0 Å². The molecule has 5 aromatic rings. The molecule has 6 rings (SSSR count). The van der Waals surface area contributed by atoms with Gasteiger partial charge >= 0.3 is 12.2 Å². The van der Waals surface area contributed by atoms with E-state index in [-0.39, 0.29) is 37.4 Å². The number of amides is 1. The summed E-state index contributed by atoms with van der Waals surface area (Å²) in [5.41, 5.74) is 1.26. The number of aromatic nitrogens is 6. The quantitative estimate of drug-likeness (QED) is 0.0692. The molecule has 15 nitrogen and oxygen atoms in total. The number of carbonyl (C=O) groups excluding carboxylic acids is 2. The van der Waals surface area contributed by atoms with Gasteiger partial charge in [0.1, 0.15) is 39.5 Å². The molecule has 1 aliphatic heterocycles. The van der Waals surface area contributed by atoms with Crippen LogP contribution in [0, 0.1) is 18.2 Å². The van der Waals surface area contributed by atoms with Gasteiger partial charge < -0.3 is 25.0 Å². The van der Waals surface area contributed by atoms with Crippen LogP contribution in [-0.4, -0.2) is 83.1 Å². The Hall–Kier alpha value is -5.60. The van der Waals surface area contributed by atoms with E-state index in [1.807, 2.05) is 59.7 Å². The van der Waals surface area contributed by atoms with Gasteiger partial charge in [0.25, 0.3) is 0 Å². The predicted molar refractivity (Wildman–Crippen MR) is 220 cm³/mol. The molecule has 0 saturated carbocycles. The molecule has 2 N–H and O–H groups in total. The number of carbonyl (C=O) groups is 2. The Labute approximate surface area is 341 Å². The van der Waals surface area contributed by atoms with Crippen LogP contribution >= 0.6 is 11.3 Å². The first kappa shape index (κ1) is 42.0. The van der Waals surface area contributed by atoms with E-state index in [9.17, 15) is 14.0 Å². The van der Waals surface area contributed by atoms with E-state index >= 15 is 0 Å². The average Bonchev–Trinajstić information content (AvgIpc) is 3.63. The summed E-state index contributed by atoms with van der Waals surface area (Å²) in [7, 11) is 0. The lowest BCUT2D eigenvalue weighted by Gasteiger charge is -2.27. The van der Waals surface area contributed by atoms with E-state index in [1.54, 1.807) is 4.90 Å². The van der Waals surface area contributed by atoms with Gasteiger partial charge in [0.05, 0.1) is 28.3 Å². The second-order valence-electron chi connectivity index (χ2n) is 16.1. The van der Waals surface area contributed by atoms with Gasteiger partial charge in [-0.15, -0.1) is 12.3 Å². The van der Waals surface area contributed by atoms with Crippen LogP contribution in [0.1, 0.15) is 89.3 Å². The number of hydrogen-bond acceptors (Lipinski definition) is 14. The lowest BCUT2D eigenvalue weighted by atomic mass is 10.0. The highest BCUT2D eigenvalue weighted by molar-refractivity contribution is 7.18. The van der Waals surface area contributed by atoms with Crippen LogP contribution in [0.3, 0.4) is 0 Å². The average molecular weight is 812 g/mol. The minimum absolute atomic E-state index is 0.119. The number of pyridine rings is 1. The standard InChI is InChI=1S/C41H50FN11O4S/c1-8-9-17-41(50-51-41)18-11-19-43-24-27-13-14-31-29(23-27)48-32(53(31)38(55)57-40(5,6)7)15-21-52(37(54)56-39(2,3)4)22-16-33-49-34-35(46-26-47-36(34)58-33)45-25-30-28(42)12-10-20-44-30/h1,10,12-14,20,23,26,43H,9,11,15-19,21-22,24-25H2,2-7H3,(H,45,46,47). The van der Waals surface area contributed by atoms with Gasteiger partial charge in [0.2, 0.25) is 0 Å². The number of ether oxygens (including phenoxy) is 2. The van der Waals surface area contributed by atoms with Crippen LogP contribution in [0.5, 0.6) is 0 Å². The molecule has 0 unspecified atom stereocenters. The summed E-state index contributed by atoms with van der Waals surface area (Å²) in [4.78, 5) is 52.0. The maximum absolute atomic E-state index is 14.2. The van der Waals surface area contributed by atoms with Crippen molar-refractivity contribution in [3.05, 3.63) is 70.8 Å². The topological polar surface area (TPSA) is 174 Å². The Morgan fingerprint density at radius 1 is 0.983 bits per heavy atom. The smallest absolute Gasteiger partial charge is 0.420 e. The van der Waals surface area contributed by atoms with E-state index in [0.29, 0.717) is 52.4 Å². The number of nitrogens with zero attached hydrogens (tertiary/aromatic N) is 9. The van der Waals surface area contributed by atoms with Crippen LogP contribution < -0.4 is 10.6 Å². The third-order valence-corrected chi connectivity index (χ3v) is 10.1. The summed E-state index contributed by atoms with van der Waals surface area (Å²) in [6, 6.07) is 8.69. The Balaban J connectivity index is 1.16. The highest BCUT2D eigenvalue weighted by Crippen LogP contribution is 2.37. The van der Waals surface area contributed by atoms with Crippen molar-refractivity contribution in [2.24, 2.45) is 10.2 Å². The summed E-state index contributed by atoms with van der Waals surface area (Å²) in [6.45, 7) is 12.8. The van der Waals surface area contributed by atoms with E-state index < -0.39 is 29.2 Å². The lowest BCUT2D eigenvalue weighted by molar-refractivity contribution is 0.0253. The predicted octanol–water partition coefficient (Wildman–Crippen LogP) is 7.83. The molecule has 58 heavy (non-hydrogen) atoms. The second kappa shape index (κ2) is 17.9. The first-order valence-electron chi connectivity index (χ1n) is 19.4. The molecule has 4 aromatic heterocycles. The largest absolute Gasteiger partial charge is 0.444 e. The maximum Gasteiger partial charge on any atom is 0.420 e. The number of thiazole rings is 1. The van der Waals surface area contributed by atoms with Crippen molar-refractivity contribution in [2.75, 3.05) is 25.0 Å². The fourth-order valence-electron chi connectivity index (χ4n) is 6.20. The maximum atomic E-state index is 14.2. The van der Waals surface area contributed by atoms with Crippen molar-refractivity contribution in [3.63, 3.8) is 0 Å². The van der Waals surface area contributed by atoms with Gasteiger partial charge in [-0.25, -0.2) is 38.5 Å². The number of hydrogen-bond donors (Lipinski definition) is 2. The van der Waals surface area contributed by atoms with Gasteiger partial charge in [-0.3, -0.25) is 4.98 Å². The monoisotopic (exact) mass is 811 g/mol. The molecule has 0 fully saturated rings. The van der Waals surface area contributed by atoms with Gasteiger partial charge in [-0.2, -0.15) is 10.2 Å². The van der Waals surface area contributed by atoms with Gasteiger partial charge in [-0.1, -0.05) is 17.4 Å². The molecule has 1 amide bonds. The third kappa shape index (κ3) is 11.3. The molecule has 5 heterocycles. The molecule has 1 aliphatic rings. The van der Waals surface area contributed by atoms with Crippen molar-refractivity contribution in [2.45, 2.75) is 110 Å². The normalized spacial score (nSPS) is 13.4. The van der Waals surface area contributed by atoms with Crippen molar-refractivity contribution < 1.29 is 23.5 Å². The number of imidazole rings is 1. The van der Waals surface area contributed by atoms with E-state index in [2.05, 4.69) is 41.7 Å². The number of terminal acetylenes is 1. The van der Waals surface area contributed by atoms with Crippen molar-refractivity contribution in [1.29, 1.82) is 0 Å².